The molecule has 0 N–H and O–H groups in total. The van der Waals surface area contributed by atoms with Crippen molar-refractivity contribution in [2.45, 2.75) is 43.2 Å². The van der Waals surface area contributed by atoms with Crippen LogP contribution in [0.25, 0.3) is 0 Å². The maximum absolute atomic E-state index is 14.1. The van der Waals surface area contributed by atoms with Gasteiger partial charge in [0.2, 0.25) is 10.0 Å². The van der Waals surface area contributed by atoms with Crippen LogP contribution in [0.5, 0.6) is 0 Å². The molecule has 0 aliphatic heterocycles. The van der Waals surface area contributed by atoms with E-state index in [-0.39, 0.29) is 17.5 Å². The first-order chi connectivity index (χ1) is 11.0. The van der Waals surface area contributed by atoms with E-state index < -0.39 is 15.8 Å². The highest BCUT2D eigenvalue weighted by Crippen LogP contribution is 2.32. The summed E-state index contributed by atoms with van der Waals surface area (Å²) in [5, 5.41) is 0. The van der Waals surface area contributed by atoms with Gasteiger partial charge in [0.25, 0.3) is 0 Å². The lowest BCUT2D eigenvalue weighted by molar-refractivity contribution is 0.291. The second kappa shape index (κ2) is 6.75. The highest BCUT2D eigenvalue weighted by molar-refractivity contribution is 9.10. The van der Waals surface area contributed by atoms with Gasteiger partial charge in [-0.05, 0) is 43.2 Å². The van der Waals surface area contributed by atoms with Crippen LogP contribution >= 0.6 is 15.9 Å². The van der Waals surface area contributed by atoms with E-state index >= 15 is 0 Å². The van der Waals surface area contributed by atoms with Crippen molar-refractivity contribution in [2.75, 3.05) is 0 Å². The van der Waals surface area contributed by atoms with Crippen molar-refractivity contribution in [3.63, 3.8) is 0 Å². The number of halogens is 2. The molecule has 0 spiro atoms. The number of hydrogen-bond acceptors (Lipinski definition) is 3. The molecule has 1 aliphatic rings. The Bertz CT molecular complexity index is 771. The van der Waals surface area contributed by atoms with E-state index in [4.69, 9.17) is 4.42 Å². The van der Waals surface area contributed by atoms with E-state index in [1.54, 1.807) is 12.1 Å². The third-order valence-electron chi connectivity index (χ3n) is 4.10. The normalized spacial score (nSPS) is 16.3. The smallest absolute Gasteiger partial charge is 0.246 e. The Balaban J connectivity index is 2.01. The highest BCUT2D eigenvalue weighted by Gasteiger charge is 2.35. The van der Waals surface area contributed by atoms with Crippen LogP contribution in [-0.2, 0) is 16.6 Å². The van der Waals surface area contributed by atoms with Crippen LogP contribution in [-0.4, -0.2) is 18.8 Å². The Hall–Kier alpha value is -1.18. The molecular weight excluding hydrogens is 385 g/mol. The molecule has 23 heavy (non-hydrogen) atoms. The summed E-state index contributed by atoms with van der Waals surface area (Å²) in [5.74, 6) is -0.188. The van der Waals surface area contributed by atoms with E-state index in [2.05, 4.69) is 15.9 Å². The van der Waals surface area contributed by atoms with Crippen LogP contribution < -0.4 is 0 Å². The van der Waals surface area contributed by atoms with Crippen molar-refractivity contribution in [1.29, 1.82) is 0 Å². The number of benzene rings is 1. The molecule has 0 unspecified atom stereocenters. The second-order valence-electron chi connectivity index (χ2n) is 5.64. The zero-order valence-electron chi connectivity index (χ0n) is 12.4. The summed E-state index contributed by atoms with van der Waals surface area (Å²) in [6.45, 7) is 0.117. The number of nitrogens with zero attached hydrogens (tertiary/aromatic N) is 1. The van der Waals surface area contributed by atoms with Gasteiger partial charge in [-0.15, -0.1) is 0 Å². The predicted octanol–water partition coefficient (Wildman–Crippen LogP) is 4.31. The Kier molecular flexibility index (Phi) is 4.89. The van der Waals surface area contributed by atoms with Gasteiger partial charge in [0.05, 0.1) is 12.8 Å². The van der Waals surface area contributed by atoms with Gasteiger partial charge in [0.15, 0.2) is 0 Å². The molecule has 1 aromatic carbocycles. The molecule has 7 heteroatoms. The molecule has 1 fully saturated rings. The van der Waals surface area contributed by atoms with E-state index in [1.165, 1.54) is 22.7 Å². The van der Waals surface area contributed by atoms with E-state index in [1.807, 2.05) is 0 Å². The molecule has 1 saturated carbocycles. The van der Waals surface area contributed by atoms with Gasteiger partial charge in [-0.3, -0.25) is 0 Å². The summed E-state index contributed by atoms with van der Waals surface area (Å²) < 4.78 is 47.4. The van der Waals surface area contributed by atoms with E-state index in [0.717, 1.165) is 31.7 Å². The summed E-state index contributed by atoms with van der Waals surface area (Å²) in [6.07, 6.45) is 5.05. The molecule has 2 aromatic rings. The first kappa shape index (κ1) is 16.7. The van der Waals surface area contributed by atoms with Crippen LogP contribution in [0.4, 0.5) is 4.39 Å². The fourth-order valence-electron chi connectivity index (χ4n) is 2.96. The van der Waals surface area contributed by atoms with E-state index in [9.17, 15) is 12.8 Å². The van der Waals surface area contributed by atoms with Crippen molar-refractivity contribution < 1.29 is 17.2 Å². The third kappa shape index (κ3) is 3.51. The van der Waals surface area contributed by atoms with Gasteiger partial charge < -0.3 is 4.42 Å². The van der Waals surface area contributed by atoms with Crippen LogP contribution in [0, 0.1) is 5.82 Å². The Labute approximate surface area is 143 Å². The fourth-order valence-corrected chi connectivity index (χ4v) is 5.22. The standard InChI is InChI=1S/C16H17BrFNO3S/c17-12-7-8-15(18)16(10-12)23(20,21)19(13-4-1-2-5-13)11-14-6-3-9-22-14/h3,6-10,13H,1-2,4-5,11H2. The van der Waals surface area contributed by atoms with Crippen molar-refractivity contribution in [3.05, 3.63) is 52.6 Å². The summed E-state index contributed by atoms with van der Waals surface area (Å²) in [6, 6.07) is 7.29. The molecule has 0 bridgehead atoms. The van der Waals surface area contributed by atoms with Gasteiger partial charge in [0, 0.05) is 10.5 Å². The minimum atomic E-state index is -3.95. The molecule has 4 nitrogen and oxygen atoms in total. The monoisotopic (exact) mass is 401 g/mol. The lowest BCUT2D eigenvalue weighted by atomic mass is 10.2. The minimum absolute atomic E-state index is 0.117. The van der Waals surface area contributed by atoms with Gasteiger partial charge in [-0.2, -0.15) is 4.31 Å². The Morgan fingerprint density at radius 3 is 2.65 bits per heavy atom. The molecule has 0 atom stereocenters. The summed E-state index contributed by atoms with van der Waals surface area (Å²) >= 11 is 3.21. The Morgan fingerprint density at radius 1 is 1.26 bits per heavy atom. The molecule has 0 saturated heterocycles. The number of furan rings is 1. The topological polar surface area (TPSA) is 50.5 Å². The quantitative estimate of drug-likeness (QED) is 0.749. The van der Waals surface area contributed by atoms with Crippen LogP contribution in [0.2, 0.25) is 0 Å². The summed E-state index contributed by atoms with van der Waals surface area (Å²) in [4.78, 5) is -0.301. The number of hydrogen-bond donors (Lipinski definition) is 0. The van der Waals surface area contributed by atoms with Crippen molar-refractivity contribution >= 4 is 26.0 Å². The summed E-state index contributed by atoms with van der Waals surface area (Å²) in [5.41, 5.74) is 0. The molecule has 124 valence electrons. The fraction of sp³-hybridized carbons (Fsp3) is 0.375. The van der Waals surface area contributed by atoms with Gasteiger partial charge in [0.1, 0.15) is 16.5 Å². The molecule has 3 rings (SSSR count). The highest BCUT2D eigenvalue weighted by atomic mass is 79.9. The van der Waals surface area contributed by atoms with Crippen molar-refractivity contribution in [3.8, 4) is 0 Å². The Morgan fingerprint density at radius 2 is 2.00 bits per heavy atom. The lowest BCUT2D eigenvalue weighted by Gasteiger charge is -2.27. The zero-order chi connectivity index (χ0) is 16.4. The van der Waals surface area contributed by atoms with Gasteiger partial charge >= 0.3 is 0 Å². The zero-order valence-corrected chi connectivity index (χ0v) is 14.8. The van der Waals surface area contributed by atoms with Crippen molar-refractivity contribution in [1.82, 2.24) is 4.31 Å². The SMILES string of the molecule is O=S(=O)(c1cc(Br)ccc1F)N(Cc1ccco1)C1CCCC1. The van der Waals surface area contributed by atoms with Crippen LogP contribution in [0.1, 0.15) is 31.4 Å². The lowest BCUT2D eigenvalue weighted by Crippen LogP contribution is -2.38. The van der Waals surface area contributed by atoms with Gasteiger partial charge in [-0.1, -0.05) is 28.8 Å². The second-order valence-corrected chi connectivity index (χ2v) is 8.42. The minimum Gasteiger partial charge on any atom is -0.468 e. The summed E-state index contributed by atoms with van der Waals surface area (Å²) in [7, 11) is -3.95. The van der Waals surface area contributed by atoms with Crippen LogP contribution in [0.3, 0.4) is 0 Å². The van der Waals surface area contributed by atoms with E-state index in [0.29, 0.717) is 10.2 Å². The average molecular weight is 402 g/mol. The molecule has 0 radical (unpaired) electrons. The van der Waals surface area contributed by atoms with Crippen molar-refractivity contribution in [2.24, 2.45) is 0 Å². The number of sulfonamides is 1. The largest absolute Gasteiger partial charge is 0.468 e. The average Bonchev–Trinajstić information content (AvgIpc) is 3.19. The third-order valence-corrected chi connectivity index (χ3v) is 6.51. The first-order valence-corrected chi connectivity index (χ1v) is 9.71. The predicted molar refractivity (Wildman–Crippen MR) is 87.8 cm³/mol. The molecular formula is C16H17BrFNO3S. The molecule has 1 aromatic heterocycles. The van der Waals surface area contributed by atoms with Crippen LogP contribution in [0.15, 0.2) is 50.4 Å². The molecule has 1 aliphatic carbocycles. The number of rotatable bonds is 5. The first-order valence-electron chi connectivity index (χ1n) is 7.48. The molecule has 1 heterocycles. The maximum atomic E-state index is 14.1. The van der Waals surface area contributed by atoms with Gasteiger partial charge in [-0.25, -0.2) is 12.8 Å². The molecule has 0 amide bonds. The maximum Gasteiger partial charge on any atom is 0.246 e.